The van der Waals surface area contributed by atoms with E-state index < -0.39 is 11.0 Å². The average Bonchev–Trinajstić information content (AvgIpc) is 2.29. The number of carbonyl (C=O) groups excluding carboxylic acids is 2. The summed E-state index contributed by atoms with van der Waals surface area (Å²) < 4.78 is 0. The maximum Gasteiger partial charge on any atom is 0.207 e. The lowest BCUT2D eigenvalue weighted by molar-refractivity contribution is -0.134. The van der Waals surface area contributed by atoms with Gasteiger partial charge in [-0.15, -0.1) is 0 Å². The maximum atomic E-state index is 11.9. The first-order valence-electron chi connectivity index (χ1n) is 7.65. The highest BCUT2D eigenvalue weighted by Crippen LogP contribution is 2.33. The molecule has 1 amide bonds. The van der Waals surface area contributed by atoms with Crippen molar-refractivity contribution in [1.82, 2.24) is 5.32 Å². The van der Waals surface area contributed by atoms with Crippen molar-refractivity contribution in [3.05, 3.63) is 0 Å². The van der Waals surface area contributed by atoms with Crippen molar-refractivity contribution >= 4 is 12.2 Å². The number of amides is 1. The van der Waals surface area contributed by atoms with E-state index in [2.05, 4.69) is 26.1 Å². The second-order valence-corrected chi connectivity index (χ2v) is 6.76. The first kappa shape index (κ1) is 24.2. The molecular formula is C17H37NO2. The average molecular weight is 287 g/mol. The summed E-state index contributed by atoms with van der Waals surface area (Å²) in [4.78, 5) is 22.4. The summed E-state index contributed by atoms with van der Waals surface area (Å²) in [5, 5.41) is 2.70. The van der Waals surface area contributed by atoms with Gasteiger partial charge in [0, 0.05) is 16.9 Å². The highest BCUT2D eigenvalue weighted by molar-refractivity contribution is 5.87. The van der Waals surface area contributed by atoms with Crippen molar-refractivity contribution in [2.75, 3.05) is 0 Å². The molecule has 3 heteroatoms. The molecule has 20 heavy (non-hydrogen) atoms. The molecule has 1 N–H and O–H groups in total. The van der Waals surface area contributed by atoms with Crippen LogP contribution in [0.4, 0.5) is 0 Å². The van der Waals surface area contributed by atoms with Gasteiger partial charge < -0.3 is 5.32 Å². The summed E-state index contributed by atoms with van der Waals surface area (Å²) in [6, 6.07) is 0. The Hall–Kier alpha value is -0.860. The van der Waals surface area contributed by atoms with Crippen molar-refractivity contribution in [3.8, 4) is 0 Å². The second-order valence-electron chi connectivity index (χ2n) is 6.76. The van der Waals surface area contributed by atoms with Crippen LogP contribution in [0.15, 0.2) is 0 Å². The van der Waals surface area contributed by atoms with E-state index in [1.54, 1.807) is 0 Å². The summed E-state index contributed by atoms with van der Waals surface area (Å²) in [7, 11) is 0. The molecule has 0 rings (SSSR count). The van der Waals surface area contributed by atoms with Crippen molar-refractivity contribution in [2.45, 2.75) is 81.7 Å². The van der Waals surface area contributed by atoms with Crippen LogP contribution in [0, 0.1) is 17.3 Å². The van der Waals surface area contributed by atoms with Gasteiger partial charge in [-0.3, -0.25) is 9.59 Å². The number of ketones is 1. The number of hydrogen-bond acceptors (Lipinski definition) is 2. The van der Waals surface area contributed by atoms with Crippen molar-refractivity contribution < 1.29 is 9.59 Å². The van der Waals surface area contributed by atoms with E-state index in [1.165, 1.54) is 0 Å². The fourth-order valence-electron chi connectivity index (χ4n) is 1.36. The molecule has 0 saturated heterocycles. The second kappa shape index (κ2) is 10.9. The molecule has 0 aliphatic carbocycles. The van der Waals surface area contributed by atoms with Gasteiger partial charge in [-0.1, -0.05) is 62.3 Å². The standard InChI is InChI=1S/C11H21NO2.C4H10.C2H6/c1-8(2)9(14)10(3,4)11(5,6)12-7-13;1-4(2)3;1-2/h7-8H,1-6H3,(H,12,13);4H,1-3H3;1-2H3. The summed E-state index contributed by atoms with van der Waals surface area (Å²) in [6.07, 6.45) is 0.648. The summed E-state index contributed by atoms with van der Waals surface area (Å²) >= 11 is 0. The molecule has 0 radical (unpaired) electrons. The maximum absolute atomic E-state index is 11.9. The molecule has 0 aromatic heterocycles. The Balaban J connectivity index is -0.000000410. The fourth-order valence-corrected chi connectivity index (χ4v) is 1.36. The lowest BCUT2D eigenvalue weighted by Crippen LogP contribution is -2.55. The predicted octanol–water partition coefficient (Wildman–Crippen LogP) is 4.45. The molecule has 0 heterocycles. The Morgan fingerprint density at radius 3 is 1.45 bits per heavy atom. The van der Waals surface area contributed by atoms with Crippen LogP contribution in [0.1, 0.15) is 76.2 Å². The van der Waals surface area contributed by atoms with Gasteiger partial charge in [0.1, 0.15) is 5.78 Å². The zero-order chi connectivity index (χ0) is 17.1. The smallest absolute Gasteiger partial charge is 0.207 e. The molecule has 0 fully saturated rings. The van der Waals surface area contributed by atoms with E-state index >= 15 is 0 Å². The number of rotatable bonds is 5. The SMILES string of the molecule is CC.CC(C)C.CC(C)C(=O)C(C)(C)C(C)(C)NC=O. The molecule has 122 valence electrons. The molecule has 0 atom stereocenters. The molecule has 3 nitrogen and oxygen atoms in total. The zero-order valence-corrected chi connectivity index (χ0v) is 15.5. The van der Waals surface area contributed by atoms with E-state index in [0.717, 1.165) is 5.92 Å². The fraction of sp³-hybridized carbons (Fsp3) is 0.882. The number of nitrogens with one attached hydrogen (secondary N) is 1. The van der Waals surface area contributed by atoms with Crippen LogP contribution in [-0.2, 0) is 9.59 Å². The van der Waals surface area contributed by atoms with Crippen LogP contribution in [-0.4, -0.2) is 17.7 Å². The Morgan fingerprint density at radius 2 is 1.25 bits per heavy atom. The number of carbonyl (C=O) groups is 2. The van der Waals surface area contributed by atoms with Crippen LogP contribution in [0.2, 0.25) is 0 Å². The summed E-state index contributed by atoms with van der Waals surface area (Å²) in [5.74, 6) is 0.981. The van der Waals surface area contributed by atoms with Gasteiger partial charge in [0.05, 0.1) is 0 Å². The molecule has 0 unspecified atom stereocenters. The van der Waals surface area contributed by atoms with Gasteiger partial charge in [0.25, 0.3) is 0 Å². The summed E-state index contributed by atoms with van der Waals surface area (Å²) in [5.41, 5.74) is -1.07. The topological polar surface area (TPSA) is 46.2 Å². The third-order valence-electron chi connectivity index (χ3n) is 3.12. The minimum Gasteiger partial charge on any atom is -0.353 e. The summed E-state index contributed by atoms with van der Waals surface area (Å²) in [6.45, 7) is 21.7. The van der Waals surface area contributed by atoms with Crippen molar-refractivity contribution in [2.24, 2.45) is 17.3 Å². The van der Waals surface area contributed by atoms with Gasteiger partial charge in [0.15, 0.2) is 0 Å². The van der Waals surface area contributed by atoms with Crippen LogP contribution >= 0.6 is 0 Å². The monoisotopic (exact) mass is 287 g/mol. The van der Waals surface area contributed by atoms with Crippen LogP contribution in [0.5, 0.6) is 0 Å². The molecule has 0 saturated carbocycles. The number of hydrogen-bond donors (Lipinski definition) is 1. The van der Waals surface area contributed by atoms with Crippen LogP contribution < -0.4 is 5.32 Å². The van der Waals surface area contributed by atoms with Gasteiger partial charge in [-0.05, 0) is 19.8 Å². The van der Waals surface area contributed by atoms with Gasteiger partial charge >= 0.3 is 0 Å². The highest BCUT2D eigenvalue weighted by Gasteiger charge is 2.43. The Morgan fingerprint density at radius 1 is 0.950 bits per heavy atom. The van der Waals surface area contributed by atoms with Crippen molar-refractivity contribution in [1.29, 1.82) is 0 Å². The van der Waals surface area contributed by atoms with E-state index in [0.29, 0.717) is 6.41 Å². The lowest BCUT2D eigenvalue weighted by Gasteiger charge is -2.40. The van der Waals surface area contributed by atoms with Crippen molar-refractivity contribution in [3.63, 3.8) is 0 Å². The first-order valence-corrected chi connectivity index (χ1v) is 7.65. The molecule has 0 aliphatic heterocycles. The number of Topliss-reactive ketones (excluding diaryl/α,β-unsaturated/α-hetero) is 1. The molecular weight excluding hydrogens is 250 g/mol. The molecule has 0 spiro atoms. The third kappa shape index (κ3) is 9.11. The van der Waals surface area contributed by atoms with E-state index in [9.17, 15) is 9.59 Å². The van der Waals surface area contributed by atoms with E-state index in [4.69, 9.17) is 0 Å². The quantitative estimate of drug-likeness (QED) is 0.759. The van der Waals surface area contributed by atoms with Gasteiger partial charge in [-0.25, -0.2) is 0 Å². The molecule has 0 aromatic rings. The predicted molar refractivity (Wildman–Crippen MR) is 88.8 cm³/mol. The molecule has 0 bridgehead atoms. The highest BCUT2D eigenvalue weighted by atomic mass is 16.1. The van der Waals surface area contributed by atoms with Crippen LogP contribution in [0.3, 0.4) is 0 Å². The Kier molecular flexibility index (Phi) is 13.1. The minimum atomic E-state index is -0.553. The first-order chi connectivity index (χ1) is 8.90. The zero-order valence-electron chi connectivity index (χ0n) is 15.5. The van der Waals surface area contributed by atoms with E-state index in [1.807, 2.05) is 55.4 Å². The van der Waals surface area contributed by atoms with E-state index in [-0.39, 0.29) is 11.7 Å². The largest absolute Gasteiger partial charge is 0.353 e. The van der Waals surface area contributed by atoms with Crippen LogP contribution in [0.25, 0.3) is 0 Å². The third-order valence-corrected chi connectivity index (χ3v) is 3.12. The Bertz CT molecular complexity index is 263. The van der Waals surface area contributed by atoms with Gasteiger partial charge in [0.2, 0.25) is 6.41 Å². The normalized spacial score (nSPS) is 11.1. The minimum absolute atomic E-state index is 0.0160. The van der Waals surface area contributed by atoms with Gasteiger partial charge in [-0.2, -0.15) is 0 Å². The lowest BCUT2D eigenvalue weighted by atomic mass is 9.69. The molecule has 0 aliphatic rings. The molecule has 0 aromatic carbocycles. The Labute approximate surface area is 126 Å².